The van der Waals surface area contributed by atoms with Gasteiger partial charge in [-0.25, -0.2) is 4.99 Å². The van der Waals surface area contributed by atoms with Gasteiger partial charge in [-0.2, -0.15) is 0 Å². The van der Waals surface area contributed by atoms with Gasteiger partial charge in [-0.05, 0) is 36.4 Å². The van der Waals surface area contributed by atoms with Crippen molar-refractivity contribution in [3.05, 3.63) is 76.9 Å². The van der Waals surface area contributed by atoms with Crippen molar-refractivity contribution in [1.29, 1.82) is 0 Å². The van der Waals surface area contributed by atoms with E-state index >= 15 is 0 Å². The van der Waals surface area contributed by atoms with Crippen molar-refractivity contribution >= 4 is 34.7 Å². The SMILES string of the molecule is C=CN=C(Nc1ccc(Cl)cc1)c1ccccc1Cl. The first kappa shape index (κ1) is 13.7. The first-order chi connectivity index (χ1) is 9.20. The molecule has 0 spiro atoms. The molecule has 0 aliphatic heterocycles. The van der Waals surface area contributed by atoms with Gasteiger partial charge in [0.25, 0.3) is 0 Å². The van der Waals surface area contributed by atoms with Gasteiger partial charge in [0.15, 0.2) is 0 Å². The van der Waals surface area contributed by atoms with Crippen LogP contribution < -0.4 is 5.32 Å². The summed E-state index contributed by atoms with van der Waals surface area (Å²) in [6.07, 6.45) is 1.47. The second-order valence-corrected chi connectivity index (χ2v) is 4.62. The average molecular weight is 291 g/mol. The number of nitrogens with zero attached hydrogens (tertiary/aromatic N) is 1. The number of benzene rings is 2. The van der Waals surface area contributed by atoms with E-state index in [-0.39, 0.29) is 0 Å². The maximum atomic E-state index is 6.17. The van der Waals surface area contributed by atoms with Gasteiger partial charge in [0, 0.05) is 22.5 Å². The summed E-state index contributed by atoms with van der Waals surface area (Å²) < 4.78 is 0. The van der Waals surface area contributed by atoms with Crippen LogP contribution in [0.5, 0.6) is 0 Å². The summed E-state index contributed by atoms with van der Waals surface area (Å²) in [7, 11) is 0. The first-order valence-corrected chi connectivity index (χ1v) is 6.42. The molecule has 0 aliphatic carbocycles. The number of hydrogen-bond donors (Lipinski definition) is 1. The van der Waals surface area contributed by atoms with E-state index in [0.29, 0.717) is 15.9 Å². The molecule has 2 aromatic carbocycles. The van der Waals surface area contributed by atoms with Crippen molar-refractivity contribution in [2.24, 2.45) is 4.99 Å². The second kappa shape index (κ2) is 6.41. The number of halogens is 2. The lowest BCUT2D eigenvalue weighted by Crippen LogP contribution is -2.13. The molecule has 2 aromatic rings. The van der Waals surface area contributed by atoms with Gasteiger partial charge >= 0.3 is 0 Å². The lowest BCUT2D eigenvalue weighted by molar-refractivity contribution is 1.49. The van der Waals surface area contributed by atoms with Crippen molar-refractivity contribution in [3.8, 4) is 0 Å². The van der Waals surface area contributed by atoms with Crippen LogP contribution >= 0.6 is 23.2 Å². The monoisotopic (exact) mass is 290 g/mol. The molecule has 2 nitrogen and oxygen atoms in total. The molecular formula is C15H12Cl2N2. The minimum atomic E-state index is 0.629. The minimum Gasteiger partial charge on any atom is -0.340 e. The van der Waals surface area contributed by atoms with Gasteiger partial charge in [0.05, 0.1) is 5.02 Å². The van der Waals surface area contributed by atoms with Gasteiger partial charge in [-0.3, -0.25) is 0 Å². The van der Waals surface area contributed by atoms with Gasteiger partial charge in [0.1, 0.15) is 5.84 Å². The van der Waals surface area contributed by atoms with Crippen LogP contribution in [0.2, 0.25) is 10.0 Å². The number of aliphatic imine (C=N–C) groups is 1. The van der Waals surface area contributed by atoms with Crippen LogP contribution in [-0.4, -0.2) is 5.84 Å². The second-order valence-electron chi connectivity index (χ2n) is 3.77. The topological polar surface area (TPSA) is 24.4 Å². The standard InChI is InChI=1S/C15H12Cl2N2/c1-2-18-15(13-5-3-4-6-14(13)17)19-12-9-7-11(16)8-10-12/h2-10H,1H2,(H,18,19). The highest BCUT2D eigenvalue weighted by molar-refractivity contribution is 6.35. The summed E-state index contributed by atoms with van der Waals surface area (Å²) in [5, 5.41) is 4.51. The Morgan fingerprint density at radius 1 is 1.05 bits per heavy atom. The zero-order valence-corrected chi connectivity index (χ0v) is 11.6. The molecule has 96 valence electrons. The molecule has 0 amide bonds. The van der Waals surface area contributed by atoms with Gasteiger partial charge < -0.3 is 5.32 Å². The Bertz CT molecular complexity index is 604. The molecule has 0 aliphatic rings. The van der Waals surface area contributed by atoms with Crippen LogP contribution in [0.3, 0.4) is 0 Å². The van der Waals surface area contributed by atoms with E-state index in [0.717, 1.165) is 11.3 Å². The highest BCUT2D eigenvalue weighted by Crippen LogP contribution is 2.19. The maximum absolute atomic E-state index is 6.17. The zero-order chi connectivity index (χ0) is 13.7. The number of amidine groups is 1. The molecular weight excluding hydrogens is 279 g/mol. The molecule has 0 atom stereocenters. The summed E-state index contributed by atoms with van der Waals surface area (Å²) in [5.41, 5.74) is 1.70. The first-order valence-electron chi connectivity index (χ1n) is 5.67. The fraction of sp³-hybridized carbons (Fsp3) is 0. The van der Waals surface area contributed by atoms with Crippen molar-refractivity contribution in [1.82, 2.24) is 0 Å². The molecule has 1 N–H and O–H groups in total. The number of hydrogen-bond acceptors (Lipinski definition) is 1. The van der Waals surface area contributed by atoms with Crippen LogP contribution in [0.1, 0.15) is 5.56 Å². The molecule has 19 heavy (non-hydrogen) atoms. The van der Waals surface area contributed by atoms with Crippen LogP contribution in [0.25, 0.3) is 0 Å². The van der Waals surface area contributed by atoms with Crippen LogP contribution in [0.15, 0.2) is 66.3 Å². The van der Waals surface area contributed by atoms with Crippen LogP contribution in [0, 0.1) is 0 Å². The quantitative estimate of drug-likeness (QED) is 0.625. The molecule has 0 saturated carbocycles. The molecule has 0 bridgehead atoms. The molecule has 0 aromatic heterocycles. The van der Waals surface area contributed by atoms with Gasteiger partial charge in [-0.1, -0.05) is 41.9 Å². The molecule has 0 fully saturated rings. The summed E-state index contributed by atoms with van der Waals surface area (Å²) in [5.74, 6) is 0.642. The predicted octanol–water partition coefficient (Wildman–Crippen LogP) is 5.00. The predicted molar refractivity (Wildman–Crippen MR) is 83.3 cm³/mol. The number of nitrogens with one attached hydrogen (secondary N) is 1. The van der Waals surface area contributed by atoms with Crippen LogP contribution in [-0.2, 0) is 0 Å². The summed E-state index contributed by atoms with van der Waals surface area (Å²) >= 11 is 12.0. The Kier molecular flexibility index (Phi) is 4.61. The van der Waals surface area contributed by atoms with E-state index in [9.17, 15) is 0 Å². The van der Waals surface area contributed by atoms with E-state index in [1.807, 2.05) is 48.5 Å². The zero-order valence-electron chi connectivity index (χ0n) is 10.1. The van der Waals surface area contributed by atoms with Crippen LogP contribution in [0.4, 0.5) is 5.69 Å². The highest BCUT2D eigenvalue weighted by Gasteiger charge is 2.07. The summed E-state index contributed by atoms with van der Waals surface area (Å²) in [6, 6.07) is 14.9. The third-order valence-corrected chi connectivity index (χ3v) is 3.04. The number of rotatable bonds is 3. The van der Waals surface area contributed by atoms with Gasteiger partial charge in [-0.15, -0.1) is 0 Å². The fourth-order valence-corrected chi connectivity index (χ4v) is 1.93. The van der Waals surface area contributed by atoms with E-state index in [1.54, 1.807) is 0 Å². The molecule has 0 unspecified atom stereocenters. The third kappa shape index (κ3) is 3.60. The lowest BCUT2D eigenvalue weighted by Gasteiger charge is -2.11. The Hall–Kier alpha value is -1.77. The largest absolute Gasteiger partial charge is 0.340 e. The highest BCUT2D eigenvalue weighted by atomic mass is 35.5. The molecule has 0 radical (unpaired) electrons. The smallest absolute Gasteiger partial charge is 0.139 e. The van der Waals surface area contributed by atoms with E-state index in [1.165, 1.54) is 6.20 Å². The molecule has 0 saturated heterocycles. The van der Waals surface area contributed by atoms with E-state index in [2.05, 4.69) is 16.9 Å². The normalized spacial score (nSPS) is 11.2. The minimum absolute atomic E-state index is 0.629. The Morgan fingerprint density at radius 2 is 1.74 bits per heavy atom. The summed E-state index contributed by atoms with van der Waals surface area (Å²) in [4.78, 5) is 4.22. The Morgan fingerprint density at radius 3 is 2.37 bits per heavy atom. The third-order valence-electron chi connectivity index (χ3n) is 2.46. The fourth-order valence-electron chi connectivity index (χ4n) is 1.58. The van der Waals surface area contributed by atoms with Gasteiger partial charge in [0.2, 0.25) is 0 Å². The van der Waals surface area contributed by atoms with Crippen molar-refractivity contribution in [2.75, 3.05) is 5.32 Å². The maximum Gasteiger partial charge on any atom is 0.139 e. The molecule has 2 rings (SSSR count). The van der Waals surface area contributed by atoms with Crippen molar-refractivity contribution in [3.63, 3.8) is 0 Å². The van der Waals surface area contributed by atoms with E-state index < -0.39 is 0 Å². The van der Waals surface area contributed by atoms with Crippen molar-refractivity contribution < 1.29 is 0 Å². The average Bonchev–Trinajstić information content (AvgIpc) is 2.41. The number of anilines is 1. The summed E-state index contributed by atoms with van der Waals surface area (Å²) in [6.45, 7) is 3.62. The Balaban J connectivity index is 2.32. The van der Waals surface area contributed by atoms with Crippen molar-refractivity contribution in [2.45, 2.75) is 0 Å². The Labute approximate surface area is 122 Å². The van der Waals surface area contributed by atoms with E-state index in [4.69, 9.17) is 23.2 Å². The molecule has 0 heterocycles. The molecule has 4 heteroatoms. The lowest BCUT2D eigenvalue weighted by atomic mass is 10.2.